The van der Waals surface area contributed by atoms with Crippen molar-refractivity contribution in [2.75, 3.05) is 13.1 Å². The van der Waals surface area contributed by atoms with Crippen LogP contribution in [0.25, 0.3) is 0 Å². The number of ketones is 1. The highest BCUT2D eigenvalue weighted by atomic mass is 16.1. The van der Waals surface area contributed by atoms with Crippen LogP contribution in [0.2, 0.25) is 0 Å². The van der Waals surface area contributed by atoms with Crippen LogP contribution < -0.4 is 0 Å². The van der Waals surface area contributed by atoms with Gasteiger partial charge in [0.1, 0.15) is 5.78 Å². The molecule has 0 N–H and O–H groups in total. The van der Waals surface area contributed by atoms with Gasteiger partial charge in [0.25, 0.3) is 0 Å². The van der Waals surface area contributed by atoms with Gasteiger partial charge in [0.2, 0.25) is 0 Å². The Morgan fingerprint density at radius 2 is 1.73 bits per heavy atom. The van der Waals surface area contributed by atoms with Crippen LogP contribution in [0.3, 0.4) is 0 Å². The smallest absolute Gasteiger partial charge is 0.136 e. The van der Waals surface area contributed by atoms with E-state index in [1.807, 2.05) is 0 Å². The minimum Gasteiger partial charge on any atom is -0.300 e. The lowest BCUT2D eigenvalue weighted by molar-refractivity contribution is -0.122. The summed E-state index contributed by atoms with van der Waals surface area (Å²) in [5.41, 5.74) is 0. The number of rotatable bonds is 1. The molecule has 0 aromatic heterocycles. The molecule has 3 unspecified atom stereocenters. The zero-order valence-corrected chi connectivity index (χ0v) is 9.45. The van der Waals surface area contributed by atoms with E-state index < -0.39 is 0 Å². The van der Waals surface area contributed by atoms with Gasteiger partial charge in [-0.3, -0.25) is 4.79 Å². The second-order valence-electron chi connectivity index (χ2n) is 5.62. The summed E-state index contributed by atoms with van der Waals surface area (Å²) in [6.45, 7) is 2.59. The average Bonchev–Trinajstić information content (AvgIpc) is 2.67. The quantitative estimate of drug-likeness (QED) is 0.657. The van der Waals surface area contributed by atoms with Crippen molar-refractivity contribution >= 4 is 5.78 Å². The number of carbonyl (C=O) groups is 1. The van der Waals surface area contributed by atoms with Crippen LogP contribution in [0.4, 0.5) is 0 Å². The van der Waals surface area contributed by atoms with Crippen molar-refractivity contribution in [1.82, 2.24) is 4.90 Å². The summed E-state index contributed by atoms with van der Waals surface area (Å²) in [5.74, 6) is 1.73. The molecular weight excluding hydrogens is 186 g/mol. The maximum Gasteiger partial charge on any atom is 0.136 e. The normalized spacial score (nSPS) is 42.1. The lowest BCUT2D eigenvalue weighted by atomic mass is 9.93. The molecule has 0 aromatic carbocycles. The van der Waals surface area contributed by atoms with Crippen LogP contribution in [-0.4, -0.2) is 29.8 Å². The fourth-order valence-electron chi connectivity index (χ4n) is 3.88. The van der Waals surface area contributed by atoms with Crippen molar-refractivity contribution in [1.29, 1.82) is 0 Å². The first-order chi connectivity index (χ1) is 7.34. The number of Topliss-reactive ketones (excluding diaryl/α,β-unsaturated/α-hetero) is 1. The Labute approximate surface area is 92.0 Å². The largest absolute Gasteiger partial charge is 0.300 e. The monoisotopic (exact) mass is 207 g/mol. The molecule has 2 heteroatoms. The van der Waals surface area contributed by atoms with Crippen molar-refractivity contribution in [2.45, 2.75) is 51.0 Å². The summed E-state index contributed by atoms with van der Waals surface area (Å²) in [6.07, 6.45) is 8.87. The second kappa shape index (κ2) is 3.89. The predicted octanol–water partition coefficient (Wildman–Crippen LogP) is 2.23. The maximum atomic E-state index is 11.5. The van der Waals surface area contributed by atoms with E-state index in [0.717, 1.165) is 18.4 Å². The molecule has 1 saturated heterocycles. The second-order valence-corrected chi connectivity index (χ2v) is 5.62. The van der Waals surface area contributed by atoms with E-state index in [-0.39, 0.29) is 0 Å². The highest BCUT2D eigenvalue weighted by Gasteiger charge is 2.46. The fourth-order valence-corrected chi connectivity index (χ4v) is 3.88. The minimum atomic E-state index is 0.447. The highest BCUT2D eigenvalue weighted by Crippen LogP contribution is 2.44. The maximum absolute atomic E-state index is 11.5. The SMILES string of the molecule is O=C1CC2CC1CC2N1CCCCCC1. The van der Waals surface area contributed by atoms with Gasteiger partial charge in [-0.05, 0) is 44.7 Å². The summed E-state index contributed by atoms with van der Waals surface area (Å²) in [5, 5.41) is 0. The van der Waals surface area contributed by atoms with E-state index >= 15 is 0 Å². The molecule has 2 aliphatic carbocycles. The third-order valence-corrected chi connectivity index (χ3v) is 4.69. The minimum absolute atomic E-state index is 0.447. The van der Waals surface area contributed by atoms with E-state index in [1.165, 1.54) is 51.6 Å². The number of fused-ring (bicyclic) bond motifs is 2. The van der Waals surface area contributed by atoms with E-state index in [2.05, 4.69) is 4.90 Å². The molecular formula is C13H21NO. The average molecular weight is 207 g/mol. The van der Waals surface area contributed by atoms with Crippen molar-refractivity contribution in [3.8, 4) is 0 Å². The molecule has 1 aliphatic heterocycles. The summed E-state index contributed by atoms with van der Waals surface area (Å²) < 4.78 is 0. The zero-order valence-electron chi connectivity index (χ0n) is 9.45. The zero-order chi connectivity index (χ0) is 10.3. The molecule has 0 radical (unpaired) electrons. The van der Waals surface area contributed by atoms with Crippen LogP contribution in [-0.2, 0) is 4.79 Å². The summed E-state index contributed by atoms with van der Waals surface area (Å²) >= 11 is 0. The van der Waals surface area contributed by atoms with E-state index in [4.69, 9.17) is 0 Å². The van der Waals surface area contributed by atoms with Crippen molar-refractivity contribution in [3.63, 3.8) is 0 Å². The predicted molar refractivity (Wildman–Crippen MR) is 59.7 cm³/mol. The standard InChI is InChI=1S/C13H21NO/c15-13-9-10-7-11(13)8-12(10)14-5-3-1-2-4-6-14/h10-12H,1-9H2. The van der Waals surface area contributed by atoms with Gasteiger partial charge in [-0.1, -0.05) is 12.8 Å². The van der Waals surface area contributed by atoms with E-state index in [0.29, 0.717) is 11.7 Å². The summed E-state index contributed by atoms with van der Waals surface area (Å²) in [7, 11) is 0. The Balaban J connectivity index is 1.66. The van der Waals surface area contributed by atoms with Crippen LogP contribution in [0.15, 0.2) is 0 Å². The number of nitrogens with zero attached hydrogens (tertiary/aromatic N) is 1. The van der Waals surface area contributed by atoms with Crippen LogP contribution in [0, 0.1) is 11.8 Å². The van der Waals surface area contributed by atoms with Gasteiger partial charge < -0.3 is 4.90 Å². The van der Waals surface area contributed by atoms with Crippen molar-refractivity contribution < 1.29 is 4.79 Å². The first kappa shape index (κ1) is 9.83. The Morgan fingerprint density at radius 3 is 2.27 bits per heavy atom. The van der Waals surface area contributed by atoms with Gasteiger partial charge in [-0.15, -0.1) is 0 Å². The Hall–Kier alpha value is -0.370. The number of hydrogen-bond acceptors (Lipinski definition) is 2. The first-order valence-electron chi connectivity index (χ1n) is 6.61. The molecule has 1 heterocycles. The number of carbonyl (C=O) groups excluding carboxylic acids is 1. The topological polar surface area (TPSA) is 20.3 Å². The molecule has 3 rings (SSSR count). The molecule has 15 heavy (non-hydrogen) atoms. The van der Waals surface area contributed by atoms with Gasteiger partial charge in [-0.25, -0.2) is 0 Å². The van der Waals surface area contributed by atoms with Gasteiger partial charge in [0.05, 0.1) is 0 Å². The van der Waals surface area contributed by atoms with E-state index in [9.17, 15) is 4.79 Å². The summed E-state index contributed by atoms with van der Waals surface area (Å²) in [4.78, 5) is 14.2. The number of likely N-dealkylation sites (tertiary alicyclic amines) is 1. The van der Waals surface area contributed by atoms with Gasteiger partial charge in [-0.2, -0.15) is 0 Å². The van der Waals surface area contributed by atoms with Crippen LogP contribution >= 0.6 is 0 Å². The Morgan fingerprint density at radius 1 is 1.00 bits per heavy atom. The molecule has 3 aliphatic rings. The fraction of sp³-hybridized carbons (Fsp3) is 0.923. The van der Waals surface area contributed by atoms with Gasteiger partial charge in [0, 0.05) is 18.4 Å². The molecule has 2 saturated carbocycles. The molecule has 0 spiro atoms. The van der Waals surface area contributed by atoms with Gasteiger partial charge in [0.15, 0.2) is 0 Å². The van der Waals surface area contributed by atoms with Crippen molar-refractivity contribution in [3.05, 3.63) is 0 Å². The van der Waals surface area contributed by atoms with Crippen LogP contribution in [0.5, 0.6) is 0 Å². The lowest BCUT2D eigenvalue weighted by Crippen LogP contribution is -2.40. The Bertz CT molecular complexity index is 255. The van der Waals surface area contributed by atoms with E-state index in [1.54, 1.807) is 0 Å². The Kier molecular flexibility index (Phi) is 2.55. The third-order valence-electron chi connectivity index (χ3n) is 4.69. The molecule has 2 bridgehead atoms. The van der Waals surface area contributed by atoms with Gasteiger partial charge >= 0.3 is 0 Å². The molecule has 2 nitrogen and oxygen atoms in total. The molecule has 0 aromatic rings. The molecule has 84 valence electrons. The highest BCUT2D eigenvalue weighted by molar-refractivity contribution is 5.84. The lowest BCUT2D eigenvalue weighted by Gasteiger charge is -2.33. The van der Waals surface area contributed by atoms with Crippen LogP contribution in [0.1, 0.15) is 44.9 Å². The third kappa shape index (κ3) is 1.73. The molecule has 0 amide bonds. The summed E-state index contributed by atoms with van der Waals surface area (Å²) in [6, 6.07) is 0.769. The molecule has 3 fully saturated rings. The molecule has 3 atom stereocenters. The van der Waals surface area contributed by atoms with Crippen molar-refractivity contribution in [2.24, 2.45) is 11.8 Å². The first-order valence-corrected chi connectivity index (χ1v) is 6.61. The number of hydrogen-bond donors (Lipinski definition) is 0.